The second-order valence-corrected chi connectivity index (χ2v) is 9.40. The number of rotatable bonds is 7. The van der Waals surface area contributed by atoms with Crippen LogP contribution in [0.3, 0.4) is 0 Å². The fourth-order valence-electron chi connectivity index (χ4n) is 3.60. The van der Waals surface area contributed by atoms with E-state index >= 15 is 0 Å². The molecular weight excluding hydrogens is 510 g/mol. The van der Waals surface area contributed by atoms with Crippen LogP contribution in [0.2, 0.25) is 5.02 Å². The summed E-state index contributed by atoms with van der Waals surface area (Å²) in [6.45, 7) is 0.878. The first-order valence-electron chi connectivity index (χ1n) is 10.8. The zero-order chi connectivity index (χ0) is 24.8. The van der Waals surface area contributed by atoms with E-state index in [9.17, 15) is 14.4 Å². The number of thiophene rings is 1. The SMILES string of the molecule is O=C(CC1C(=O)NCCN1C(=S)NC(=O)c1sc2ccccc2c1Cl)OCCOc1ccccc1. The smallest absolute Gasteiger partial charge is 0.308 e. The van der Waals surface area contributed by atoms with Crippen LogP contribution in [0, 0.1) is 0 Å². The number of piperazine rings is 1. The minimum absolute atomic E-state index is 0.0354. The number of hydrogen-bond donors (Lipinski definition) is 2. The van der Waals surface area contributed by atoms with Gasteiger partial charge in [0.1, 0.15) is 29.9 Å². The van der Waals surface area contributed by atoms with Crippen molar-refractivity contribution in [1.82, 2.24) is 15.5 Å². The fraction of sp³-hybridized carbons (Fsp3) is 0.250. The molecule has 0 saturated carbocycles. The Labute approximate surface area is 216 Å². The first-order valence-corrected chi connectivity index (χ1v) is 12.4. The van der Waals surface area contributed by atoms with Gasteiger partial charge < -0.3 is 19.7 Å². The summed E-state index contributed by atoms with van der Waals surface area (Å²) in [7, 11) is 0. The third-order valence-electron chi connectivity index (χ3n) is 5.27. The van der Waals surface area contributed by atoms with Crippen LogP contribution in [0.5, 0.6) is 5.75 Å². The quantitative estimate of drug-likeness (QED) is 0.274. The summed E-state index contributed by atoms with van der Waals surface area (Å²) in [5.41, 5.74) is 0. The Kier molecular flexibility index (Phi) is 8.17. The molecule has 1 saturated heterocycles. The number of benzene rings is 2. The second kappa shape index (κ2) is 11.5. The first kappa shape index (κ1) is 24.9. The van der Waals surface area contributed by atoms with E-state index in [-0.39, 0.29) is 30.7 Å². The van der Waals surface area contributed by atoms with Gasteiger partial charge in [-0.05, 0) is 30.4 Å². The van der Waals surface area contributed by atoms with E-state index < -0.39 is 17.9 Å². The summed E-state index contributed by atoms with van der Waals surface area (Å²) in [5.74, 6) is -0.742. The predicted molar refractivity (Wildman–Crippen MR) is 138 cm³/mol. The molecule has 2 amide bonds. The molecule has 2 aromatic carbocycles. The number of halogens is 1. The molecule has 2 heterocycles. The molecule has 11 heteroatoms. The molecule has 1 aliphatic heterocycles. The Morgan fingerprint density at radius 1 is 1.14 bits per heavy atom. The largest absolute Gasteiger partial charge is 0.490 e. The number of para-hydroxylation sites is 1. The lowest BCUT2D eigenvalue weighted by molar-refractivity contribution is -0.148. The number of hydrogen-bond acceptors (Lipinski definition) is 7. The van der Waals surface area contributed by atoms with E-state index in [1.807, 2.05) is 42.5 Å². The van der Waals surface area contributed by atoms with Crippen LogP contribution in [0.15, 0.2) is 54.6 Å². The number of carbonyl (C=O) groups is 3. The number of carbonyl (C=O) groups excluding carboxylic acids is 3. The molecule has 1 atom stereocenters. The van der Waals surface area contributed by atoms with Gasteiger partial charge in [0.25, 0.3) is 5.91 Å². The Morgan fingerprint density at radius 3 is 2.66 bits per heavy atom. The lowest BCUT2D eigenvalue weighted by atomic mass is 10.1. The minimum atomic E-state index is -0.906. The summed E-state index contributed by atoms with van der Waals surface area (Å²) in [6, 6.07) is 15.7. The molecule has 0 spiro atoms. The Hall–Kier alpha value is -3.21. The van der Waals surface area contributed by atoms with Gasteiger partial charge in [0.05, 0.1) is 11.4 Å². The zero-order valence-electron chi connectivity index (χ0n) is 18.5. The van der Waals surface area contributed by atoms with Crippen LogP contribution in [0.1, 0.15) is 16.1 Å². The number of nitrogens with zero attached hydrogens (tertiary/aromatic N) is 1. The number of esters is 1. The molecule has 1 fully saturated rings. The number of ether oxygens (including phenoxy) is 2. The van der Waals surface area contributed by atoms with E-state index in [2.05, 4.69) is 10.6 Å². The third kappa shape index (κ3) is 6.08. The lowest BCUT2D eigenvalue weighted by Crippen LogP contribution is -2.60. The number of fused-ring (bicyclic) bond motifs is 1. The van der Waals surface area contributed by atoms with E-state index in [1.54, 1.807) is 12.1 Å². The molecule has 0 bridgehead atoms. The van der Waals surface area contributed by atoms with Crippen molar-refractivity contribution in [3.05, 3.63) is 64.5 Å². The van der Waals surface area contributed by atoms with Gasteiger partial charge in [-0.15, -0.1) is 11.3 Å². The minimum Gasteiger partial charge on any atom is -0.490 e. The van der Waals surface area contributed by atoms with Gasteiger partial charge >= 0.3 is 5.97 Å². The average molecular weight is 532 g/mol. The van der Waals surface area contributed by atoms with Gasteiger partial charge in [-0.2, -0.15) is 0 Å². The van der Waals surface area contributed by atoms with Crippen LogP contribution < -0.4 is 15.4 Å². The van der Waals surface area contributed by atoms with E-state index in [0.717, 1.165) is 10.1 Å². The maximum absolute atomic E-state index is 12.9. The summed E-state index contributed by atoms with van der Waals surface area (Å²) >= 11 is 13.1. The zero-order valence-corrected chi connectivity index (χ0v) is 20.9. The van der Waals surface area contributed by atoms with Crippen molar-refractivity contribution >= 4 is 68.1 Å². The standard InChI is InChI=1S/C24H22ClN3O5S2/c25-20-16-8-4-5-9-18(16)35-21(20)23(31)27-24(34)28-11-10-26-22(30)17(28)14-19(29)33-13-12-32-15-6-2-1-3-7-15/h1-9,17H,10-14H2,(H,26,30)(H,27,31,34). The van der Waals surface area contributed by atoms with Gasteiger partial charge in [0.15, 0.2) is 5.11 Å². The molecule has 0 radical (unpaired) electrons. The van der Waals surface area contributed by atoms with Crippen molar-refractivity contribution in [3.8, 4) is 5.75 Å². The van der Waals surface area contributed by atoms with E-state index in [0.29, 0.717) is 28.7 Å². The molecule has 2 N–H and O–H groups in total. The monoisotopic (exact) mass is 531 g/mol. The van der Waals surface area contributed by atoms with Gasteiger partial charge in [-0.1, -0.05) is 48.0 Å². The van der Waals surface area contributed by atoms with Crippen molar-refractivity contribution in [2.45, 2.75) is 12.5 Å². The van der Waals surface area contributed by atoms with Gasteiger partial charge in [0, 0.05) is 23.2 Å². The average Bonchev–Trinajstić information content (AvgIpc) is 3.20. The third-order valence-corrected chi connectivity index (χ3v) is 7.28. The Morgan fingerprint density at radius 2 is 1.89 bits per heavy atom. The summed E-state index contributed by atoms with van der Waals surface area (Å²) < 4.78 is 11.6. The van der Waals surface area contributed by atoms with Crippen molar-refractivity contribution in [1.29, 1.82) is 0 Å². The predicted octanol–water partition coefficient (Wildman–Crippen LogP) is 3.38. The molecule has 8 nitrogen and oxygen atoms in total. The van der Waals surface area contributed by atoms with Crippen molar-refractivity contribution in [2.24, 2.45) is 0 Å². The van der Waals surface area contributed by atoms with Crippen molar-refractivity contribution in [2.75, 3.05) is 26.3 Å². The molecule has 1 unspecified atom stereocenters. The molecule has 1 aliphatic rings. The van der Waals surface area contributed by atoms with Crippen LogP contribution >= 0.6 is 35.2 Å². The molecule has 0 aliphatic carbocycles. The molecule has 35 heavy (non-hydrogen) atoms. The fourth-order valence-corrected chi connectivity index (χ4v) is 5.32. The first-order chi connectivity index (χ1) is 16.9. The highest BCUT2D eigenvalue weighted by atomic mass is 35.5. The molecule has 182 valence electrons. The molecule has 1 aromatic heterocycles. The van der Waals surface area contributed by atoms with Gasteiger partial charge in [-0.25, -0.2) is 0 Å². The summed E-state index contributed by atoms with van der Waals surface area (Å²) in [4.78, 5) is 39.6. The van der Waals surface area contributed by atoms with Gasteiger partial charge in [-0.3, -0.25) is 19.7 Å². The topological polar surface area (TPSA) is 97.0 Å². The number of amides is 2. The maximum atomic E-state index is 12.9. The molecule has 4 rings (SSSR count). The van der Waals surface area contributed by atoms with Crippen molar-refractivity contribution < 1.29 is 23.9 Å². The number of thiocarbonyl (C=S) groups is 1. The van der Waals surface area contributed by atoms with Crippen molar-refractivity contribution in [3.63, 3.8) is 0 Å². The Bertz CT molecular complexity index is 1250. The van der Waals surface area contributed by atoms with Crippen LogP contribution in [-0.2, 0) is 14.3 Å². The Balaban J connectivity index is 1.34. The van der Waals surface area contributed by atoms with Crippen LogP contribution in [0.4, 0.5) is 0 Å². The van der Waals surface area contributed by atoms with Crippen LogP contribution in [-0.4, -0.2) is 60.1 Å². The van der Waals surface area contributed by atoms with E-state index in [4.69, 9.17) is 33.3 Å². The van der Waals surface area contributed by atoms with E-state index in [1.165, 1.54) is 16.2 Å². The highest BCUT2D eigenvalue weighted by Crippen LogP contribution is 2.35. The summed E-state index contributed by atoms with van der Waals surface area (Å²) in [5, 5.41) is 6.55. The molecular formula is C24H22ClN3O5S2. The summed E-state index contributed by atoms with van der Waals surface area (Å²) in [6.07, 6.45) is -0.225. The maximum Gasteiger partial charge on any atom is 0.308 e. The molecule has 3 aromatic rings. The lowest BCUT2D eigenvalue weighted by Gasteiger charge is -2.36. The highest BCUT2D eigenvalue weighted by Gasteiger charge is 2.34. The highest BCUT2D eigenvalue weighted by molar-refractivity contribution is 7.80. The normalized spacial score (nSPS) is 15.4. The van der Waals surface area contributed by atoms with Crippen LogP contribution in [0.25, 0.3) is 10.1 Å². The number of nitrogens with one attached hydrogen (secondary N) is 2. The van der Waals surface area contributed by atoms with Gasteiger partial charge in [0.2, 0.25) is 5.91 Å². The second-order valence-electron chi connectivity index (χ2n) is 7.59.